The molecule has 0 heterocycles. The van der Waals surface area contributed by atoms with Gasteiger partial charge in [0.05, 0.1) is 6.61 Å². The molecule has 0 saturated heterocycles. The average molecular weight is 220 g/mol. The summed E-state index contributed by atoms with van der Waals surface area (Å²) in [6.45, 7) is 1.75. The number of hydrogen-bond donors (Lipinski definition) is 0. The van der Waals surface area contributed by atoms with E-state index < -0.39 is 0 Å². The Labute approximate surface area is 95.4 Å². The van der Waals surface area contributed by atoms with Crippen molar-refractivity contribution in [1.82, 2.24) is 0 Å². The van der Waals surface area contributed by atoms with E-state index in [1.54, 1.807) is 0 Å². The van der Waals surface area contributed by atoms with Crippen molar-refractivity contribution in [2.75, 3.05) is 6.61 Å². The van der Waals surface area contributed by atoms with Crippen LogP contribution in [0.2, 0.25) is 0 Å². The Kier molecular flexibility index (Phi) is 5.26. The minimum Gasteiger partial charge on any atom is -0.466 e. The van der Waals surface area contributed by atoms with Crippen molar-refractivity contribution in [1.29, 1.82) is 0 Å². The van der Waals surface area contributed by atoms with E-state index in [-0.39, 0.29) is 11.9 Å². The van der Waals surface area contributed by atoms with Gasteiger partial charge in [0.2, 0.25) is 0 Å². The maximum absolute atomic E-state index is 10.6. The van der Waals surface area contributed by atoms with Crippen molar-refractivity contribution < 1.29 is 14.3 Å². The molecule has 0 N–H and O–H groups in total. The molecule has 0 aromatic heterocycles. The van der Waals surface area contributed by atoms with E-state index in [1.807, 2.05) is 30.3 Å². The van der Waals surface area contributed by atoms with Gasteiger partial charge in [0, 0.05) is 13.3 Å². The Morgan fingerprint density at radius 1 is 1.38 bits per heavy atom. The number of carbonyl (C=O) groups excluding carboxylic acids is 2. The largest absolute Gasteiger partial charge is 0.466 e. The third kappa shape index (κ3) is 4.26. The molecule has 0 spiro atoms. The molecule has 1 rings (SSSR count). The first-order valence-corrected chi connectivity index (χ1v) is 5.36. The smallest absolute Gasteiger partial charge is 0.302 e. The monoisotopic (exact) mass is 220 g/mol. The van der Waals surface area contributed by atoms with Gasteiger partial charge in [-0.2, -0.15) is 0 Å². The second-order valence-electron chi connectivity index (χ2n) is 3.64. The lowest BCUT2D eigenvalue weighted by molar-refractivity contribution is -0.141. The molecule has 3 nitrogen and oxygen atoms in total. The lowest BCUT2D eigenvalue weighted by Crippen LogP contribution is -2.07. The highest BCUT2D eigenvalue weighted by atomic mass is 16.5. The van der Waals surface area contributed by atoms with Crippen molar-refractivity contribution in [2.45, 2.75) is 25.7 Å². The summed E-state index contributed by atoms with van der Waals surface area (Å²) in [5, 5.41) is 0. The summed E-state index contributed by atoms with van der Waals surface area (Å²) in [6.07, 6.45) is 2.05. The second kappa shape index (κ2) is 6.77. The van der Waals surface area contributed by atoms with Crippen LogP contribution < -0.4 is 0 Å². The molecule has 1 unspecified atom stereocenters. The molecule has 0 aliphatic rings. The third-order valence-electron chi connectivity index (χ3n) is 2.42. The summed E-state index contributed by atoms with van der Waals surface area (Å²) in [7, 11) is 0. The number of ether oxygens (including phenoxy) is 1. The topological polar surface area (TPSA) is 43.4 Å². The van der Waals surface area contributed by atoms with Crippen LogP contribution in [0.5, 0.6) is 0 Å². The highest BCUT2D eigenvalue weighted by Gasteiger charge is 2.11. The maximum Gasteiger partial charge on any atom is 0.302 e. The van der Waals surface area contributed by atoms with Crippen LogP contribution in [0, 0.1) is 0 Å². The van der Waals surface area contributed by atoms with Crippen molar-refractivity contribution in [3.8, 4) is 0 Å². The van der Waals surface area contributed by atoms with Gasteiger partial charge < -0.3 is 9.53 Å². The number of esters is 1. The molecule has 1 aromatic rings. The molecule has 16 heavy (non-hydrogen) atoms. The molecular formula is C13H16O3. The van der Waals surface area contributed by atoms with Gasteiger partial charge in [-0.3, -0.25) is 4.79 Å². The summed E-state index contributed by atoms with van der Waals surface area (Å²) in [5.41, 5.74) is 1.11. The van der Waals surface area contributed by atoms with Gasteiger partial charge >= 0.3 is 5.97 Å². The molecule has 0 aliphatic heterocycles. The van der Waals surface area contributed by atoms with E-state index in [0.29, 0.717) is 19.4 Å². The zero-order valence-electron chi connectivity index (χ0n) is 9.39. The molecule has 3 heteroatoms. The zero-order chi connectivity index (χ0) is 11.8. The van der Waals surface area contributed by atoms with Gasteiger partial charge in [-0.15, -0.1) is 0 Å². The Hall–Kier alpha value is -1.64. The van der Waals surface area contributed by atoms with Crippen LogP contribution >= 0.6 is 0 Å². The SMILES string of the molecule is CC(=O)OCCC(CC=O)c1ccccc1. The minimum absolute atomic E-state index is 0.137. The third-order valence-corrected chi connectivity index (χ3v) is 2.42. The molecule has 0 amide bonds. The van der Waals surface area contributed by atoms with Crippen molar-refractivity contribution in [2.24, 2.45) is 0 Å². The number of hydrogen-bond acceptors (Lipinski definition) is 3. The Morgan fingerprint density at radius 2 is 2.06 bits per heavy atom. The van der Waals surface area contributed by atoms with E-state index in [1.165, 1.54) is 6.92 Å². The van der Waals surface area contributed by atoms with E-state index >= 15 is 0 Å². The predicted octanol–water partition coefficient (Wildman–Crippen LogP) is 2.31. The van der Waals surface area contributed by atoms with Crippen LogP contribution in [0.4, 0.5) is 0 Å². The second-order valence-corrected chi connectivity index (χ2v) is 3.64. The maximum atomic E-state index is 10.6. The van der Waals surface area contributed by atoms with Gasteiger partial charge in [-0.05, 0) is 17.9 Å². The van der Waals surface area contributed by atoms with Crippen molar-refractivity contribution in [3.05, 3.63) is 35.9 Å². The molecule has 0 saturated carbocycles. The fourth-order valence-electron chi connectivity index (χ4n) is 1.61. The van der Waals surface area contributed by atoms with Crippen molar-refractivity contribution in [3.63, 3.8) is 0 Å². The van der Waals surface area contributed by atoms with E-state index in [9.17, 15) is 9.59 Å². The summed E-state index contributed by atoms with van der Waals surface area (Å²) in [6, 6.07) is 9.80. The van der Waals surface area contributed by atoms with Crippen LogP contribution in [0.1, 0.15) is 31.2 Å². The van der Waals surface area contributed by atoms with Crippen LogP contribution in [-0.4, -0.2) is 18.9 Å². The van der Waals surface area contributed by atoms with Crippen LogP contribution in [0.25, 0.3) is 0 Å². The van der Waals surface area contributed by atoms with Gasteiger partial charge in [0.25, 0.3) is 0 Å². The first-order valence-electron chi connectivity index (χ1n) is 5.36. The highest BCUT2D eigenvalue weighted by Crippen LogP contribution is 2.22. The summed E-state index contributed by atoms with van der Waals surface area (Å²) < 4.78 is 4.89. The van der Waals surface area contributed by atoms with Gasteiger partial charge in [-0.25, -0.2) is 0 Å². The van der Waals surface area contributed by atoms with Crippen LogP contribution in [0.3, 0.4) is 0 Å². The summed E-state index contributed by atoms with van der Waals surface area (Å²) in [4.78, 5) is 21.2. The van der Waals surface area contributed by atoms with Crippen LogP contribution in [0.15, 0.2) is 30.3 Å². The standard InChI is InChI=1S/C13H16O3/c1-11(15)16-10-8-13(7-9-14)12-5-3-2-4-6-12/h2-6,9,13H,7-8,10H2,1H3. The molecule has 1 aromatic carbocycles. The van der Waals surface area contributed by atoms with Gasteiger partial charge in [0.1, 0.15) is 6.29 Å². The van der Waals surface area contributed by atoms with E-state index in [2.05, 4.69) is 0 Å². The first kappa shape index (κ1) is 12.4. The lowest BCUT2D eigenvalue weighted by atomic mass is 9.93. The summed E-state index contributed by atoms with van der Waals surface area (Å²) in [5.74, 6) is -0.143. The Bertz CT molecular complexity index is 332. The normalized spacial score (nSPS) is 11.8. The molecule has 1 atom stereocenters. The molecule has 86 valence electrons. The fourth-order valence-corrected chi connectivity index (χ4v) is 1.61. The number of aldehydes is 1. The predicted molar refractivity (Wildman–Crippen MR) is 61.1 cm³/mol. The molecule has 0 aliphatic carbocycles. The summed E-state index contributed by atoms with van der Waals surface area (Å²) >= 11 is 0. The minimum atomic E-state index is -0.280. The van der Waals surface area contributed by atoms with Crippen molar-refractivity contribution >= 4 is 12.3 Å². The Balaban J connectivity index is 2.54. The first-order chi connectivity index (χ1) is 7.74. The van der Waals surface area contributed by atoms with Gasteiger partial charge in [0.15, 0.2) is 0 Å². The lowest BCUT2D eigenvalue weighted by Gasteiger charge is -2.14. The number of rotatable bonds is 6. The Morgan fingerprint density at radius 3 is 2.62 bits per heavy atom. The van der Waals surface area contributed by atoms with Crippen LogP contribution in [-0.2, 0) is 14.3 Å². The average Bonchev–Trinajstić information content (AvgIpc) is 2.29. The quantitative estimate of drug-likeness (QED) is 0.545. The number of benzene rings is 1. The zero-order valence-corrected chi connectivity index (χ0v) is 9.39. The van der Waals surface area contributed by atoms with E-state index in [0.717, 1.165) is 11.8 Å². The van der Waals surface area contributed by atoms with Gasteiger partial charge in [-0.1, -0.05) is 30.3 Å². The molecule has 0 radical (unpaired) electrons. The number of carbonyl (C=O) groups is 2. The highest BCUT2D eigenvalue weighted by molar-refractivity contribution is 5.65. The van der Waals surface area contributed by atoms with E-state index in [4.69, 9.17) is 4.74 Å². The molecule has 0 bridgehead atoms. The molecular weight excluding hydrogens is 204 g/mol. The fraction of sp³-hybridized carbons (Fsp3) is 0.385. The molecule has 0 fully saturated rings.